The van der Waals surface area contributed by atoms with Crippen molar-refractivity contribution < 1.29 is 28.6 Å². The van der Waals surface area contributed by atoms with Gasteiger partial charge in [-0.2, -0.15) is 0 Å². The second-order valence-corrected chi connectivity index (χ2v) is 19.2. The maximum absolute atomic E-state index is 12.8. The number of hydrogen-bond acceptors (Lipinski definition) is 6. The van der Waals surface area contributed by atoms with Gasteiger partial charge in [-0.25, -0.2) is 0 Å². The summed E-state index contributed by atoms with van der Waals surface area (Å²) < 4.78 is 16.8. The lowest BCUT2D eigenvalue weighted by atomic mass is 10.0. The Balaban J connectivity index is 4.15. The summed E-state index contributed by atoms with van der Waals surface area (Å²) in [4.78, 5) is 38.0. The zero-order chi connectivity index (χ0) is 50.0. The fourth-order valence-corrected chi connectivity index (χ4v) is 7.96. The summed E-state index contributed by atoms with van der Waals surface area (Å²) in [6.07, 6.45) is 74.5. The number of esters is 3. The standard InChI is InChI=1S/C63H108O6/c1-4-7-10-13-16-19-22-23-24-25-26-27-28-29-30-31-32-33-34-35-36-37-38-39-42-44-47-50-53-56-62(65)68-59-60(69-63(66)57-54-51-48-45-41-21-18-15-12-9-6-3)58-67-61(64)55-52-49-46-43-40-20-17-14-11-8-5-2/h7,10,14-19,23-24,26-27,29-30,60H,4-6,8-9,11-13,20-22,25,28,31-59H2,1-3H3/b10-7-,17-14-,18-15-,19-16-,24-23-,27-26-,30-29-. The lowest BCUT2D eigenvalue weighted by molar-refractivity contribution is -0.167. The van der Waals surface area contributed by atoms with Gasteiger partial charge in [0.1, 0.15) is 13.2 Å². The maximum atomic E-state index is 12.8. The van der Waals surface area contributed by atoms with Crippen LogP contribution in [0.4, 0.5) is 0 Å². The summed E-state index contributed by atoms with van der Waals surface area (Å²) in [6, 6.07) is 0. The maximum Gasteiger partial charge on any atom is 0.306 e. The topological polar surface area (TPSA) is 78.9 Å². The molecule has 0 fully saturated rings. The molecule has 0 amide bonds. The molecule has 0 aromatic rings. The van der Waals surface area contributed by atoms with Crippen molar-refractivity contribution >= 4 is 17.9 Å². The molecule has 1 atom stereocenters. The van der Waals surface area contributed by atoms with Crippen molar-refractivity contribution in [1.29, 1.82) is 0 Å². The molecule has 0 saturated heterocycles. The summed E-state index contributed by atoms with van der Waals surface area (Å²) >= 11 is 0. The molecule has 0 aromatic heterocycles. The second kappa shape index (κ2) is 57.2. The predicted octanol–water partition coefficient (Wildman–Crippen LogP) is 19.5. The van der Waals surface area contributed by atoms with E-state index in [-0.39, 0.29) is 31.1 Å². The van der Waals surface area contributed by atoms with E-state index in [1.165, 1.54) is 128 Å². The van der Waals surface area contributed by atoms with Crippen LogP contribution in [0.15, 0.2) is 85.1 Å². The zero-order valence-corrected chi connectivity index (χ0v) is 45.3. The van der Waals surface area contributed by atoms with Crippen LogP contribution in [0.2, 0.25) is 0 Å². The van der Waals surface area contributed by atoms with Crippen molar-refractivity contribution in [3.05, 3.63) is 85.1 Å². The fraction of sp³-hybridized carbons (Fsp3) is 0.730. The minimum Gasteiger partial charge on any atom is -0.462 e. The Kier molecular flexibility index (Phi) is 54.3. The van der Waals surface area contributed by atoms with Gasteiger partial charge in [0, 0.05) is 19.3 Å². The number of allylic oxidation sites excluding steroid dienone is 14. The van der Waals surface area contributed by atoms with Gasteiger partial charge in [0.05, 0.1) is 0 Å². The number of hydrogen-bond donors (Lipinski definition) is 0. The van der Waals surface area contributed by atoms with Gasteiger partial charge in [-0.15, -0.1) is 0 Å². The van der Waals surface area contributed by atoms with E-state index in [9.17, 15) is 14.4 Å². The molecule has 0 aromatic carbocycles. The van der Waals surface area contributed by atoms with Crippen LogP contribution in [0, 0.1) is 0 Å². The Hall–Kier alpha value is -3.41. The van der Waals surface area contributed by atoms with E-state index in [1.54, 1.807) is 0 Å². The van der Waals surface area contributed by atoms with Crippen molar-refractivity contribution in [2.75, 3.05) is 13.2 Å². The quantitative estimate of drug-likeness (QED) is 0.0262. The van der Waals surface area contributed by atoms with Crippen LogP contribution < -0.4 is 0 Å². The summed E-state index contributed by atoms with van der Waals surface area (Å²) in [5.74, 6) is -0.899. The summed E-state index contributed by atoms with van der Waals surface area (Å²) in [7, 11) is 0. The van der Waals surface area contributed by atoms with Crippen LogP contribution in [0.3, 0.4) is 0 Å². The van der Waals surface area contributed by atoms with Gasteiger partial charge in [0.25, 0.3) is 0 Å². The molecule has 0 radical (unpaired) electrons. The molecule has 6 heteroatoms. The second-order valence-electron chi connectivity index (χ2n) is 19.2. The molecule has 69 heavy (non-hydrogen) atoms. The number of ether oxygens (including phenoxy) is 3. The van der Waals surface area contributed by atoms with Crippen LogP contribution in [-0.4, -0.2) is 37.2 Å². The lowest BCUT2D eigenvalue weighted by Gasteiger charge is -2.18. The van der Waals surface area contributed by atoms with E-state index in [0.29, 0.717) is 19.3 Å². The van der Waals surface area contributed by atoms with Crippen LogP contribution in [0.1, 0.15) is 278 Å². The van der Waals surface area contributed by atoms with E-state index >= 15 is 0 Å². The highest BCUT2D eigenvalue weighted by atomic mass is 16.6. The SMILES string of the molecule is CC/C=C\C/C=C\C/C=C\C/C=C\C/C=C\CCCCCCCCCCCCCCCC(=O)OCC(COC(=O)CCCCCCC/C=C\CCCC)OC(=O)CCCCCCC/C=C\CCCC. The van der Waals surface area contributed by atoms with Crippen molar-refractivity contribution in [3.63, 3.8) is 0 Å². The van der Waals surface area contributed by atoms with E-state index in [0.717, 1.165) is 109 Å². The van der Waals surface area contributed by atoms with E-state index in [1.807, 2.05) is 0 Å². The van der Waals surface area contributed by atoms with Crippen LogP contribution >= 0.6 is 0 Å². The van der Waals surface area contributed by atoms with Gasteiger partial charge < -0.3 is 14.2 Å². The highest BCUT2D eigenvalue weighted by Gasteiger charge is 2.19. The zero-order valence-electron chi connectivity index (χ0n) is 45.3. The highest BCUT2D eigenvalue weighted by Crippen LogP contribution is 2.15. The smallest absolute Gasteiger partial charge is 0.306 e. The minimum atomic E-state index is -0.782. The molecule has 0 N–H and O–H groups in total. The molecule has 396 valence electrons. The third kappa shape index (κ3) is 55.4. The molecule has 1 unspecified atom stereocenters. The monoisotopic (exact) mass is 961 g/mol. The lowest BCUT2D eigenvalue weighted by Crippen LogP contribution is -2.30. The molecular formula is C63H108O6. The Labute approximate surface area is 426 Å². The molecular weight excluding hydrogens is 853 g/mol. The molecule has 0 aliphatic heterocycles. The minimum absolute atomic E-state index is 0.0817. The van der Waals surface area contributed by atoms with Crippen molar-refractivity contribution in [3.8, 4) is 0 Å². The largest absolute Gasteiger partial charge is 0.462 e. The number of carbonyl (C=O) groups is 3. The average molecular weight is 962 g/mol. The summed E-state index contributed by atoms with van der Waals surface area (Å²) in [5.41, 5.74) is 0. The fourth-order valence-electron chi connectivity index (χ4n) is 7.96. The van der Waals surface area contributed by atoms with Gasteiger partial charge in [0.2, 0.25) is 0 Å². The van der Waals surface area contributed by atoms with Crippen molar-refractivity contribution in [2.24, 2.45) is 0 Å². The Morgan fingerprint density at radius 2 is 0.565 bits per heavy atom. The Morgan fingerprint density at radius 3 is 0.899 bits per heavy atom. The Bertz CT molecular complexity index is 1330. The number of rotatable bonds is 52. The van der Waals surface area contributed by atoms with E-state index < -0.39 is 6.10 Å². The van der Waals surface area contributed by atoms with Gasteiger partial charge >= 0.3 is 17.9 Å². The van der Waals surface area contributed by atoms with Crippen molar-refractivity contribution in [1.82, 2.24) is 0 Å². The van der Waals surface area contributed by atoms with Gasteiger partial charge in [-0.1, -0.05) is 241 Å². The first-order valence-corrected chi connectivity index (χ1v) is 29.1. The molecule has 0 aliphatic rings. The molecule has 0 bridgehead atoms. The van der Waals surface area contributed by atoms with Crippen LogP contribution in [0.25, 0.3) is 0 Å². The molecule has 0 heterocycles. The third-order valence-corrected chi connectivity index (χ3v) is 12.4. The van der Waals surface area contributed by atoms with Crippen LogP contribution in [-0.2, 0) is 28.6 Å². The van der Waals surface area contributed by atoms with E-state index in [2.05, 4.69) is 106 Å². The number of unbranched alkanes of at least 4 members (excludes halogenated alkanes) is 27. The van der Waals surface area contributed by atoms with Gasteiger partial charge in [-0.3, -0.25) is 14.4 Å². The summed E-state index contributed by atoms with van der Waals surface area (Å²) in [6.45, 7) is 6.44. The molecule has 0 spiro atoms. The molecule has 0 aliphatic carbocycles. The van der Waals surface area contributed by atoms with Crippen molar-refractivity contribution in [2.45, 2.75) is 284 Å². The first-order chi connectivity index (χ1) is 34.0. The average Bonchev–Trinajstić information content (AvgIpc) is 3.35. The first-order valence-electron chi connectivity index (χ1n) is 29.1. The third-order valence-electron chi connectivity index (χ3n) is 12.4. The van der Waals surface area contributed by atoms with E-state index in [4.69, 9.17) is 14.2 Å². The highest BCUT2D eigenvalue weighted by molar-refractivity contribution is 5.71. The normalized spacial score (nSPS) is 12.7. The number of carbonyl (C=O) groups excluding carboxylic acids is 3. The summed E-state index contributed by atoms with van der Waals surface area (Å²) in [5, 5.41) is 0. The first kappa shape index (κ1) is 65.6. The molecule has 6 nitrogen and oxygen atoms in total. The van der Waals surface area contributed by atoms with Gasteiger partial charge in [-0.05, 0) is 103 Å². The van der Waals surface area contributed by atoms with Gasteiger partial charge in [0.15, 0.2) is 6.10 Å². The van der Waals surface area contributed by atoms with Crippen LogP contribution in [0.5, 0.6) is 0 Å². The molecule has 0 saturated carbocycles. The molecule has 0 rings (SSSR count). The Morgan fingerprint density at radius 1 is 0.304 bits per heavy atom. The predicted molar refractivity (Wildman–Crippen MR) is 297 cm³/mol.